The first-order chi connectivity index (χ1) is 7.22. The number of carbonyl (C=O) groups excluding carboxylic acids is 1. The molecule has 3 heteroatoms. The number of phenols is 1. The monoisotopic (exact) mass is 206 g/mol. The number of benzene rings is 1. The van der Waals surface area contributed by atoms with Gasteiger partial charge < -0.3 is 9.84 Å². The molecule has 15 heavy (non-hydrogen) atoms. The highest BCUT2D eigenvalue weighted by molar-refractivity contribution is 5.87. The van der Waals surface area contributed by atoms with Gasteiger partial charge in [0.2, 0.25) is 0 Å². The van der Waals surface area contributed by atoms with E-state index in [0.717, 1.165) is 12.0 Å². The van der Waals surface area contributed by atoms with Crippen molar-refractivity contribution in [2.45, 2.75) is 13.3 Å². The van der Waals surface area contributed by atoms with Crippen LogP contribution in [0, 0.1) is 0 Å². The Hall–Kier alpha value is -1.77. The summed E-state index contributed by atoms with van der Waals surface area (Å²) in [5.74, 6) is -0.181. The van der Waals surface area contributed by atoms with E-state index >= 15 is 0 Å². The van der Waals surface area contributed by atoms with E-state index in [0.29, 0.717) is 6.61 Å². The minimum atomic E-state index is -0.361. The molecular formula is C12H14O3. The second kappa shape index (κ2) is 5.86. The topological polar surface area (TPSA) is 46.5 Å². The maximum Gasteiger partial charge on any atom is 0.330 e. The minimum absolute atomic E-state index is 0.180. The van der Waals surface area contributed by atoms with Crippen molar-refractivity contribution < 1.29 is 14.6 Å². The molecule has 0 saturated heterocycles. The van der Waals surface area contributed by atoms with Gasteiger partial charge in [-0.2, -0.15) is 0 Å². The second-order valence-corrected chi connectivity index (χ2v) is 3.10. The van der Waals surface area contributed by atoms with Gasteiger partial charge in [0.25, 0.3) is 0 Å². The summed E-state index contributed by atoms with van der Waals surface area (Å²) in [5.41, 5.74) is 0.767. The van der Waals surface area contributed by atoms with Crippen molar-refractivity contribution in [1.82, 2.24) is 0 Å². The Kier molecular flexibility index (Phi) is 4.41. The van der Waals surface area contributed by atoms with Crippen molar-refractivity contribution in [3.63, 3.8) is 0 Å². The summed E-state index contributed by atoms with van der Waals surface area (Å²) in [6.07, 6.45) is 3.77. The number of carbonyl (C=O) groups is 1. The predicted molar refractivity (Wildman–Crippen MR) is 58.4 cm³/mol. The van der Waals surface area contributed by atoms with Gasteiger partial charge in [-0.3, -0.25) is 0 Å². The number of ether oxygens (including phenoxy) is 1. The van der Waals surface area contributed by atoms with Gasteiger partial charge in [-0.25, -0.2) is 4.79 Å². The summed E-state index contributed by atoms with van der Waals surface area (Å²) in [6, 6.07) is 6.66. The molecular weight excluding hydrogens is 192 g/mol. The van der Waals surface area contributed by atoms with Gasteiger partial charge in [-0.1, -0.05) is 19.1 Å². The van der Waals surface area contributed by atoms with Crippen LogP contribution in [0.1, 0.15) is 18.9 Å². The average molecular weight is 206 g/mol. The van der Waals surface area contributed by atoms with Gasteiger partial charge in [0.1, 0.15) is 5.75 Å². The fourth-order valence-electron chi connectivity index (χ4n) is 1.04. The second-order valence-electron chi connectivity index (χ2n) is 3.10. The molecule has 0 fully saturated rings. The number of phenolic OH excluding ortho intramolecular Hbond substituents is 1. The van der Waals surface area contributed by atoms with Crippen molar-refractivity contribution in [2.75, 3.05) is 6.61 Å². The molecule has 0 atom stereocenters. The SMILES string of the molecule is CCCOC(=O)C=Cc1cccc(O)c1. The third kappa shape index (κ3) is 4.31. The van der Waals surface area contributed by atoms with Gasteiger partial charge >= 0.3 is 5.97 Å². The summed E-state index contributed by atoms with van der Waals surface area (Å²) in [7, 11) is 0. The van der Waals surface area contributed by atoms with Crippen LogP contribution in [0.25, 0.3) is 6.08 Å². The fourth-order valence-corrected chi connectivity index (χ4v) is 1.04. The molecule has 0 heterocycles. The molecule has 0 aliphatic heterocycles. The molecule has 80 valence electrons. The average Bonchev–Trinajstić information content (AvgIpc) is 2.23. The molecule has 0 unspecified atom stereocenters. The van der Waals surface area contributed by atoms with E-state index in [4.69, 9.17) is 9.84 Å². The number of hydrogen-bond donors (Lipinski definition) is 1. The Balaban J connectivity index is 2.53. The molecule has 0 bridgehead atoms. The zero-order chi connectivity index (χ0) is 11.1. The van der Waals surface area contributed by atoms with Gasteiger partial charge in [0, 0.05) is 6.08 Å². The van der Waals surface area contributed by atoms with Crippen molar-refractivity contribution in [3.8, 4) is 5.75 Å². The first kappa shape index (κ1) is 11.3. The lowest BCUT2D eigenvalue weighted by molar-refractivity contribution is -0.137. The number of aromatic hydroxyl groups is 1. The van der Waals surface area contributed by atoms with Crippen LogP contribution in [-0.4, -0.2) is 17.7 Å². The summed E-state index contributed by atoms with van der Waals surface area (Å²) in [6.45, 7) is 2.37. The highest BCUT2D eigenvalue weighted by Crippen LogP contribution is 2.11. The van der Waals surface area contributed by atoms with E-state index in [-0.39, 0.29) is 11.7 Å². The van der Waals surface area contributed by atoms with Gasteiger partial charge in [0.05, 0.1) is 6.61 Å². The molecule has 0 spiro atoms. The lowest BCUT2D eigenvalue weighted by Gasteiger charge is -1.97. The quantitative estimate of drug-likeness (QED) is 0.607. The summed E-state index contributed by atoms with van der Waals surface area (Å²) in [4.78, 5) is 11.1. The molecule has 0 radical (unpaired) electrons. The van der Waals surface area contributed by atoms with Crippen LogP contribution in [0.3, 0.4) is 0 Å². The predicted octanol–water partition coefficient (Wildman–Crippen LogP) is 2.36. The van der Waals surface area contributed by atoms with Gasteiger partial charge in [-0.05, 0) is 30.2 Å². The van der Waals surface area contributed by atoms with Crippen molar-refractivity contribution in [3.05, 3.63) is 35.9 Å². The lowest BCUT2D eigenvalue weighted by Crippen LogP contribution is -2.00. The molecule has 0 amide bonds. The highest BCUT2D eigenvalue weighted by atomic mass is 16.5. The van der Waals surface area contributed by atoms with Crippen LogP contribution in [0.4, 0.5) is 0 Å². The molecule has 0 aliphatic rings. The maximum atomic E-state index is 11.1. The van der Waals surface area contributed by atoms with Crippen LogP contribution in [0.15, 0.2) is 30.3 Å². The van der Waals surface area contributed by atoms with E-state index in [1.54, 1.807) is 30.3 Å². The van der Waals surface area contributed by atoms with Crippen LogP contribution in [-0.2, 0) is 9.53 Å². The van der Waals surface area contributed by atoms with E-state index in [2.05, 4.69) is 0 Å². The number of esters is 1. The summed E-state index contributed by atoms with van der Waals surface area (Å²) in [5, 5.41) is 9.17. The largest absolute Gasteiger partial charge is 0.508 e. The summed E-state index contributed by atoms with van der Waals surface area (Å²) >= 11 is 0. The lowest BCUT2D eigenvalue weighted by atomic mass is 10.2. The molecule has 1 aromatic rings. The molecule has 1 aromatic carbocycles. The smallest absolute Gasteiger partial charge is 0.330 e. The third-order valence-electron chi connectivity index (χ3n) is 1.73. The van der Waals surface area contributed by atoms with Crippen LogP contribution in [0.5, 0.6) is 5.75 Å². The Morgan fingerprint density at radius 1 is 1.53 bits per heavy atom. The molecule has 3 nitrogen and oxygen atoms in total. The normalized spacial score (nSPS) is 10.5. The van der Waals surface area contributed by atoms with E-state index in [9.17, 15) is 4.79 Å². The Labute approximate surface area is 89.0 Å². The first-order valence-electron chi connectivity index (χ1n) is 4.86. The van der Waals surface area contributed by atoms with Crippen molar-refractivity contribution >= 4 is 12.0 Å². The van der Waals surface area contributed by atoms with E-state index in [1.165, 1.54) is 6.08 Å². The summed E-state index contributed by atoms with van der Waals surface area (Å²) < 4.78 is 4.85. The zero-order valence-electron chi connectivity index (χ0n) is 8.64. The van der Waals surface area contributed by atoms with Crippen molar-refractivity contribution in [2.24, 2.45) is 0 Å². The molecule has 1 rings (SSSR count). The van der Waals surface area contributed by atoms with Gasteiger partial charge in [-0.15, -0.1) is 0 Å². The Morgan fingerprint density at radius 3 is 3.00 bits per heavy atom. The molecule has 0 aliphatic carbocycles. The zero-order valence-corrected chi connectivity index (χ0v) is 8.64. The Morgan fingerprint density at radius 2 is 2.33 bits per heavy atom. The minimum Gasteiger partial charge on any atom is -0.508 e. The Bertz CT molecular complexity index is 356. The molecule has 0 aromatic heterocycles. The molecule has 0 saturated carbocycles. The third-order valence-corrected chi connectivity index (χ3v) is 1.73. The maximum absolute atomic E-state index is 11.1. The number of hydrogen-bond acceptors (Lipinski definition) is 3. The van der Waals surface area contributed by atoms with E-state index < -0.39 is 0 Å². The standard InChI is InChI=1S/C12H14O3/c1-2-8-15-12(14)7-6-10-4-3-5-11(13)9-10/h3-7,9,13H,2,8H2,1H3. The van der Waals surface area contributed by atoms with Gasteiger partial charge in [0.15, 0.2) is 0 Å². The first-order valence-corrected chi connectivity index (χ1v) is 4.86. The van der Waals surface area contributed by atoms with Crippen molar-refractivity contribution in [1.29, 1.82) is 0 Å². The van der Waals surface area contributed by atoms with Crippen LogP contribution < -0.4 is 0 Å². The molecule has 1 N–H and O–H groups in total. The van der Waals surface area contributed by atoms with Crippen LogP contribution >= 0.6 is 0 Å². The van der Waals surface area contributed by atoms with E-state index in [1.807, 2.05) is 6.92 Å². The number of rotatable bonds is 4. The highest BCUT2D eigenvalue weighted by Gasteiger charge is 1.95. The fraction of sp³-hybridized carbons (Fsp3) is 0.250. The van der Waals surface area contributed by atoms with Crippen LogP contribution in [0.2, 0.25) is 0 Å².